The van der Waals surface area contributed by atoms with Gasteiger partial charge in [-0.1, -0.05) is 30.5 Å². The highest BCUT2D eigenvalue weighted by Crippen LogP contribution is 2.28. The lowest BCUT2D eigenvalue weighted by molar-refractivity contribution is -0.385. The van der Waals surface area contributed by atoms with Crippen LogP contribution in [0.5, 0.6) is 5.75 Å². The zero-order chi connectivity index (χ0) is 13.5. The van der Waals surface area contributed by atoms with E-state index in [2.05, 4.69) is 0 Å². The third kappa shape index (κ3) is 4.42. The van der Waals surface area contributed by atoms with Gasteiger partial charge in [0, 0.05) is 11.8 Å². The molecule has 0 saturated carbocycles. The second-order valence-electron chi connectivity index (χ2n) is 3.71. The zero-order valence-corrected chi connectivity index (χ0v) is 10.8. The number of hydrogen-bond donors (Lipinski definition) is 0. The lowest BCUT2D eigenvalue weighted by Gasteiger charge is -2.09. The number of nitro benzene ring substituents is 1. The van der Waals surface area contributed by atoms with Crippen LogP contribution in [-0.4, -0.2) is 20.3 Å². The highest BCUT2D eigenvalue weighted by Gasteiger charge is 2.15. The predicted octanol–water partition coefficient (Wildman–Crippen LogP) is 2.15. The maximum Gasteiger partial charge on any atom is 0.311 e. The molecule has 7 heteroatoms. The predicted molar refractivity (Wildman–Crippen MR) is 66.1 cm³/mol. The van der Waals surface area contributed by atoms with Gasteiger partial charge < -0.3 is 9.29 Å². The molecule has 0 heterocycles. The average Bonchev–Trinajstić information content (AvgIpc) is 2.30. The Morgan fingerprint density at radius 1 is 1.44 bits per heavy atom. The fraction of sp³-hybridized carbons (Fsp3) is 0.455. The van der Waals surface area contributed by atoms with Crippen molar-refractivity contribution in [2.75, 3.05) is 6.61 Å². The van der Waals surface area contributed by atoms with Crippen LogP contribution in [-0.2, 0) is 16.8 Å². The van der Waals surface area contributed by atoms with Crippen LogP contribution >= 0.6 is 0 Å². The molecule has 0 aliphatic rings. The molecule has 0 aliphatic heterocycles. The molecule has 0 bridgehead atoms. The maximum absolute atomic E-state index is 10.9. The van der Waals surface area contributed by atoms with E-state index in [0.29, 0.717) is 12.2 Å². The summed E-state index contributed by atoms with van der Waals surface area (Å²) in [7, 11) is 0. The van der Waals surface area contributed by atoms with Crippen LogP contribution in [0.1, 0.15) is 25.3 Å². The molecule has 100 valence electrons. The maximum atomic E-state index is 10.9. The third-order valence-electron chi connectivity index (χ3n) is 2.26. The summed E-state index contributed by atoms with van der Waals surface area (Å²) in [4.78, 5) is 10.3. The second-order valence-corrected chi connectivity index (χ2v) is 4.61. The van der Waals surface area contributed by atoms with E-state index >= 15 is 0 Å². The Bertz CT molecular complexity index is 449. The molecule has 0 radical (unpaired) electrons. The van der Waals surface area contributed by atoms with Crippen LogP contribution in [0.25, 0.3) is 0 Å². The number of ether oxygens (including phenoxy) is 1. The van der Waals surface area contributed by atoms with Crippen molar-refractivity contribution in [2.24, 2.45) is 0 Å². The Hall–Kier alpha value is -1.47. The van der Waals surface area contributed by atoms with Crippen molar-refractivity contribution in [1.82, 2.24) is 0 Å². The monoisotopic (exact) mass is 272 g/mol. The van der Waals surface area contributed by atoms with Crippen LogP contribution < -0.4 is 4.74 Å². The van der Waals surface area contributed by atoms with Crippen molar-refractivity contribution in [3.8, 4) is 5.75 Å². The minimum atomic E-state index is -2.26. The molecule has 1 aromatic carbocycles. The van der Waals surface area contributed by atoms with Gasteiger partial charge in [0.25, 0.3) is 0 Å². The zero-order valence-electron chi connectivity index (χ0n) is 9.96. The molecule has 1 aromatic rings. The van der Waals surface area contributed by atoms with Crippen molar-refractivity contribution < 1.29 is 18.4 Å². The fourth-order valence-electron chi connectivity index (χ4n) is 1.38. The quantitative estimate of drug-likeness (QED) is 0.328. The molecule has 0 fully saturated rings. The van der Waals surface area contributed by atoms with Gasteiger partial charge in [-0.3, -0.25) is 14.3 Å². The van der Waals surface area contributed by atoms with E-state index in [4.69, 9.17) is 4.74 Å². The Labute approximate surface area is 107 Å². The molecule has 0 aliphatic carbocycles. The lowest BCUT2D eigenvalue weighted by Crippen LogP contribution is -2.02. The Kier molecular flexibility index (Phi) is 5.73. The first kappa shape index (κ1) is 14.6. The number of nitrogens with zero attached hydrogens (tertiary/aromatic N) is 1. The number of hydrogen-bond acceptors (Lipinski definition) is 5. The summed E-state index contributed by atoms with van der Waals surface area (Å²) in [5.41, 5.74) is 0.173. The summed E-state index contributed by atoms with van der Waals surface area (Å²) >= 11 is -2.26. The first-order chi connectivity index (χ1) is 8.54. The van der Waals surface area contributed by atoms with Crippen LogP contribution in [0.2, 0.25) is 0 Å². The average molecular weight is 272 g/mol. The van der Waals surface area contributed by atoms with E-state index in [9.17, 15) is 18.9 Å². The van der Waals surface area contributed by atoms with Gasteiger partial charge in [0.15, 0.2) is 5.75 Å². The summed E-state index contributed by atoms with van der Waals surface area (Å²) < 4.78 is 26.4. The summed E-state index contributed by atoms with van der Waals surface area (Å²) in [6.07, 6.45) is 1.74. The van der Waals surface area contributed by atoms with E-state index in [0.717, 1.165) is 12.8 Å². The first-order valence-corrected chi connectivity index (χ1v) is 6.75. The van der Waals surface area contributed by atoms with E-state index in [1.165, 1.54) is 18.2 Å². The van der Waals surface area contributed by atoms with Crippen molar-refractivity contribution in [3.05, 3.63) is 33.9 Å². The second kappa shape index (κ2) is 7.07. The number of nitro groups is 1. The van der Waals surface area contributed by atoms with Gasteiger partial charge in [-0.2, -0.15) is 0 Å². The highest BCUT2D eigenvalue weighted by molar-refractivity contribution is 7.78. The summed E-state index contributed by atoms with van der Waals surface area (Å²) in [6.45, 7) is 2.40. The largest absolute Gasteiger partial charge is 0.772 e. The van der Waals surface area contributed by atoms with Crippen LogP contribution in [0.15, 0.2) is 18.2 Å². The molecule has 6 nitrogen and oxygen atoms in total. The topological polar surface area (TPSA) is 92.5 Å². The van der Waals surface area contributed by atoms with E-state index in [1.54, 1.807) is 0 Å². The molecule has 0 amide bonds. The summed E-state index contributed by atoms with van der Waals surface area (Å²) in [5.74, 6) is -0.0651. The molecule has 0 aromatic heterocycles. The van der Waals surface area contributed by atoms with Gasteiger partial charge in [0.2, 0.25) is 0 Å². The van der Waals surface area contributed by atoms with Crippen LogP contribution in [0.3, 0.4) is 0 Å². The summed E-state index contributed by atoms with van der Waals surface area (Å²) in [5, 5.41) is 10.9. The van der Waals surface area contributed by atoms with Gasteiger partial charge in [0.05, 0.1) is 11.5 Å². The van der Waals surface area contributed by atoms with E-state index in [1.807, 2.05) is 6.92 Å². The van der Waals surface area contributed by atoms with Crippen molar-refractivity contribution in [3.63, 3.8) is 0 Å². The number of unbranched alkanes of at least 4 members (excludes halogenated alkanes) is 1. The SMILES string of the molecule is CCCCOc1ccc(CS(=O)[O-])cc1[N+](=O)[O-]. The Balaban J connectivity index is 2.90. The molecule has 1 unspecified atom stereocenters. The van der Waals surface area contributed by atoms with Gasteiger partial charge >= 0.3 is 5.69 Å². The van der Waals surface area contributed by atoms with Crippen molar-refractivity contribution >= 4 is 16.8 Å². The van der Waals surface area contributed by atoms with Gasteiger partial charge in [-0.15, -0.1) is 0 Å². The molecular formula is C11H14NO5S-. The van der Waals surface area contributed by atoms with E-state index < -0.39 is 16.0 Å². The standard InChI is InChI=1S/C11H15NO5S/c1-2-3-6-17-11-5-4-9(8-18(15)16)7-10(11)12(13)14/h4-5,7H,2-3,6,8H2,1H3,(H,15,16)/p-1. The molecule has 0 N–H and O–H groups in total. The Morgan fingerprint density at radius 2 is 2.17 bits per heavy atom. The molecule has 0 spiro atoms. The summed E-state index contributed by atoms with van der Waals surface area (Å²) in [6, 6.07) is 4.19. The minimum absolute atomic E-state index is 0.175. The van der Waals surface area contributed by atoms with Crippen molar-refractivity contribution in [1.29, 1.82) is 0 Å². The fourth-order valence-corrected chi connectivity index (χ4v) is 1.83. The molecule has 1 rings (SSSR count). The lowest BCUT2D eigenvalue weighted by atomic mass is 10.2. The first-order valence-electron chi connectivity index (χ1n) is 5.50. The molecule has 18 heavy (non-hydrogen) atoms. The minimum Gasteiger partial charge on any atom is -0.772 e. The normalized spacial score (nSPS) is 12.1. The number of rotatable bonds is 7. The van der Waals surface area contributed by atoms with Gasteiger partial charge in [0.1, 0.15) is 0 Å². The van der Waals surface area contributed by atoms with Crippen molar-refractivity contribution in [2.45, 2.75) is 25.5 Å². The van der Waals surface area contributed by atoms with E-state index in [-0.39, 0.29) is 17.2 Å². The highest BCUT2D eigenvalue weighted by atomic mass is 32.2. The molecule has 1 atom stereocenters. The van der Waals surface area contributed by atoms with Gasteiger partial charge in [-0.25, -0.2) is 0 Å². The van der Waals surface area contributed by atoms with Crippen LogP contribution in [0, 0.1) is 10.1 Å². The van der Waals surface area contributed by atoms with Gasteiger partial charge in [-0.05, 0) is 18.1 Å². The molecule has 0 saturated heterocycles. The molecular weight excluding hydrogens is 258 g/mol. The number of benzene rings is 1. The smallest absolute Gasteiger partial charge is 0.311 e. The van der Waals surface area contributed by atoms with Crippen LogP contribution in [0.4, 0.5) is 5.69 Å². The third-order valence-corrected chi connectivity index (χ3v) is 2.83. The Morgan fingerprint density at radius 3 is 2.72 bits per heavy atom.